The second kappa shape index (κ2) is 6.21. The van der Waals surface area contributed by atoms with Gasteiger partial charge < -0.3 is 25.0 Å². The van der Waals surface area contributed by atoms with Gasteiger partial charge in [-0.15, -0.1) is 0 Å². The average molecular weight is 371 g/mol. The van der Waals surface area contributed by atoms with Crippen LogP contribution in [0.25, 0.3) is 11.2 Å². The number of aliphatic hydroxyl groups excluding tert-OH is 1. The Bertz CT molecular complexity index is 868. The molecule has 5 atom stereocenters. The van der Waals surface area contributed by atoms with Crippen LogP contribution in [0.5, 0.6) is 0 Å². The lowest BCUT2D eigenvalue weighted by Crippen LogP contribution is -2.33. The van der Waals surface area contributed by atoms with E-state index in [2.05, 4.69) is 15.0 Å². The molecule has 128 valence electrons. The summed E-state index contributed by atoms with van der Waals surface area (Å²) in [5.41, 5.74) is 5.25. The Morgan fingerprint density at radius 1 is 1.67 bits per heavy atom. The molecule has 0 aromatic carbocycles. The number of nitrogens with zero attached hydrogens (tertiary/aromatic N) is 3. The third-order valence-corrected chi connectivity index (χ3v) is 4.48. The van der Waals surface area contributed by atoms with Crippen LogP contribution in [-0.2, 0) is 21.1 Å². The number of fused-ring (bicyclic) bond motifs is 1. The molecule has 1 aliphatic heterocycles. The number of aromatic nitrogens is 4. The molecule has 13 heteroatoms. The number of nitrogen functional groups attached to an aromatic ring is 1. The Morgan fingerprint density at radius 3 is 3.00 bits per heavy atom. The predicted molar refractivity (Wildman–Crippen MR) is 90.3 cm³/mol. The average Bonchev–Trinajstić information content (AvgIpc) is 3.00. The minimum Gasteiger partial charge on any atom is -0.386 e. The summed E-state index contributed by atoms with van der Waals surface area (Å²) in [7, 11) is 5.65. The molecule has 0 bridgehead atoms. The highest BCUT2D eigenvalue weighted by Gasteiger charge is 2.46. The largest absolute Gasteiger partial charge is 0.386 e. The smallest absolute Gasteiger partial charge is 0.280 e. The monoisotopic (exact) mass is 371 g/mol. The molecule has 2 aromatic heterocycles. The first-order valence-electron chi connectivity index (χ1n) is 6.96. The van der Waals surface area contributed by atoms with E-state index in [0.29, 0.717) is 0 Å². The van der Waals surface area contributed by atoms with Crippen molar-refractivity contribution in [2.24, 2.45) is 0 Å². The summed E-state index contributed by atoms with van der Waals surface area (Å²) in [6.07, 6.45) is -2.45. The summed E-state index contributed by atoms with van der Waals surface area (Å²) in [6.45, 7) is -1.68. The van der Waals surface area contributed by atoms with Crippen molar-refractivity contribution in [3.63, 3.8) is 0 Å². The maximum Gasteiger partial charge on any atom is 0.280 e. The van der Waals surface area contributed by atoms with Gasteiger partial charge >= 0.3 is 0 Å². The van der Waals surface area contributed by atoms with Crippen LogP contribution in [0.15, 0.2) is 11.1 Å². The summed E-state index contributed by atoms with van der Waals surface area (Å²) in [6, 6.07) is 0. The number of hydrogen-bond donors (Lipinski definition) is 4. The van der Waals surface area contributed by atoms with Gasteiger partial charge in [0.05, 0.1) is 20.3 Å². The van der Waals surface area contributed by atoms with Gasteiger partial charge in [0.15, 0.2) is 23.9 Å². The third-order valence-electron chi connectivity index (χ3n) is 3.58. The molecule has 2 radical (unpaired) electrons. The number of rotatable bonds is 4. The standard InChI is InChI=1S/C11H15BN5O5PS/c1-23(20,24)22-7-4(2-12)21-10(6(7)18)17-3-14-5-8(17)15-11(13)16-9(5)19/h3-4,6-7,10,18H,2H2,1H3,(H,20,24)(H3,13,15,16,19)/t4-,6-,7-,10-,23?/m1/s1. The molecule has 0 spiro atoms. The number of nitrogens with two attached hydrogens (primary N) is 1. The van der Waals surface area contributed by atoms with Gasteiger partial charge in [0, 0.05) is 6.66 Å². The molecule has 1 unspecified atom stereocenters. The van der Waals surface area contributed by atoms with Crippen molar-refractivity contribution >= 4 is 43.3 Å². The predicted octanol–water partition coefficient (Wildman–Crippen LogP) is -1.14. The lowest BCUT2D eigenvalue weighted by Gasteiger charge is -2.23. The van der Waals surface area contributed by atoms with E-state index >= 15 is 0 Å². The maximum atomic E-state index is 11.8. The van der Waals surface area contributed by atoms with Crippen molar-refractivity contribution in [2.45, 2.75) is 30.9 Å². The van der Waals surface area contributed by atoms with Crippen molar-refractivity contribution in [2.75, 3.05) is 12.4 Å². The van der Waals surface area contributed by atoms with Gasteiger partial charge in [0.25, 0.3) is 5.56 Å². The summed E-state index contributed by atoms with van der Waals surface area (Å²) in [4.78, 5) is 31.9. The Morgan fingerprint density at radius 2 is 2.38 bits per heavy atom. The fourth-order valence-electron chi connectivity index (χ4n) is 2.62. The van der Waals surface area contributed by atoms with Crippen molar-refractivity contribution in [1.82, 2.24) is 19.5 Å². The third kappa shape index (κ3) is 3.13. The van der Waals surface area contributed by atoms with Crippen molar-refractivity contribution in [1.29, 1.82) is 0 Å². The second-order valence-electron chi connectivity index (χ2n) is 5.44. The first-order valence-corrected chi connectivity index (χ1v) is 10.1. The van der Waals surface area contributed by atoms with Crippen LogP contribution >= 0.6 is 6.49 Å². The van der Waals surface area contributed by atoms with Crippen LogP contribution in [0.2, 0.25) is 6.32 Å². The quantitative estimate of drug-likeness (QED) is 0.387. The molecule has 1 fully saturated rings. The van der Waals surface area contributed by atoms with Crippen molar-refractivity contribution < 1.29 is 19.3 Å². The Hall–Kier alpha value is -1.30. The maximum absolute atomic E-state index is 11.8. The van der Waals surface area contributed by atoms with Gasteiger partial charge in [0.2, 0.25) is 5.95 Å². The van der Waals surface area contributed by atoms with E-state index in [9.17, 15) is 14.8 Å². The molecule has 24 heavy (non-hydrogen) atoms. The number of H-pyrrole nitrogens is 1. The molecule has 2 aromatic rings. The topological polar surface area (TPSA) is 149 Å². The minimum atomic E-state index is -3.05. The SMILES string of the molecule is [B]C[C@H]1O[C@@H](n2cnc3c(=O)[nH]c(N)nc32)[C@H](O)[C@@H]1OP(C)(O)=S. The Balaban J connectivity index is 2.01. The van der Waals surface area contributed by atoms with E-state index in [-0.39, 0.29) is 23.4 Å². The number of hydrogen-bond acceptors (Lipinski definition) is 8. The van der Waals surface area contributed by atoms with Gasteiger partial charge in [-0.25, -0.2) is 4.98 Å². The van der Waals surface area contributed by atoms with E-state index in [0.717, 1.165) is 0 Å². The molecule has 0 aliphatic carbocycles. The highest BCUT2D eigenvalue weighted by Crippen LogP contribution is 2.45. The number of nitrogens with one attached hydrogen (secondary N) is 1. The van der Waals surface area contributed by atoms with Crippen LogP contribution in [0.4, 0.5) is 5.95 Å². The molecule has 0 amide bonds. The summed E-state index contributed by atoms with van der Waals surface area (Å²) in [5, 5.41) is 10.5. The van der Waals surface area contributed by atoms with Gasteiger partial charge in [-0.05, 0) is 11.8 Å². The highest BCUT2D eigenvalue weighted by molar-refractivity contribution is 8.09. The minimum absolute atomic E-state index is 0.0380. The van der Waals surface area contributed by atoms with Crippen molar-refractivity contribution in [3.8, 4) is 0 Å². The number of aromatic amines is 1. The van der Waals surface area contributed by atoms with Gasteiger partial charge in [-0.2, -0.15) is 4.98 Å². The lowest BCUT2D eigenvalue weighted by atomic mass is 9.95. The molecule has 1 saturated heterocycles. The zero-order valence-corrected chi connectivity index (χ0v) is 14.3. The number of aliphatic hydroxyl groups is 1. The normalized spacial score (nSPS) is 29.8. The fourth-order valence-corrected chi connectivity index (χ4v) is 3.63. The van der Waals surface area contributed by atoms with Crippen LogP contribution < -0.4 is 11.3 Å². The zero-order valence-electron chi connectivity index (χ0n) is 12.6. The molecule has 3 rings (SSSR count). The summed E-state index contributed by atoms with van der Waals surface area (Å²) in [5.74, 6) is -0.0932. The zero-order chi connectivity index (χ0) is 17.6. The summed E-state index contributed by atoms with van der Waals surface area (Å²) < 4.78 is 12.5. The van der Waals surface area contributed by atoms with Crippen LogP contribution in [0.1, 0.15) is 6.23 Å². The van der Waals surface area contributed by atoms with Crippen LogP contribution in [-0.4, -0.2) is 62.3 Å². The molecule has 3 heterocycles. The van der Waals surface area contributed by atoms with Crippen LogP contribution in [0, 0.1) is 0 Å². The van der Waals surface area contributed by atoms with Gasteiger partial charge in [0.1, 0.15) is 12.2 Å². The first kappa shape index (κ1) is 17.5. The molecular weight excluding hydrogens is 356 g/mol. The lowest BCUT2D eigenvalue weighted by molar-refractivity contribution is -0.0297. The summed E-state index contributed by atoms with van der Waals surface area (Å²) >= 11 is 4.87. The molecule has 10 nitrogen and oxygen atoms in total. The van der Waals surface area contributed by atoms with E-state index in [1.165, 1.54) is 17.6 Å². The molecular formula is C11H15BN5O5PS. The second-order valence-corrected chi connectivity index (χ2v) is 9.29. The number of imidazole rings is 1. The Kier molecular flexibility index (Phi) is 4.54. The molecule has 5 N–H and O–H groups in total. The number of ether oxygens (including phenoxy) is 1. The van der Waals surface area contributed by atoms with Gasteiger partial charge in [-0.3, -0.25) is 14.3 Å². The Labute approximate surface area is 142 Å². The van der Waals surface area contributed by atoms with Crippen molar-refractivity contribution in [3.05, 3.63) is 16.7 Å². The van der Waals surface area contributed by atoms with Gasteiger partial charge in [-0.1, -0.05) is 6.32 Å². The molecule has 1 aliphatic rings. The molecule has 0 saturated carbocycles. The van der Waals surface area contributed by atoms with E-state index in [1.807, 2.05) is 0 Å². The van der Waals surface area contributed by atoms with E-state index in [1.54, 1.807) is 0 Å². The number of anilines is 1. The van der Waals surface area contributed by atoms with E-state index in [4.69, 9.17) is 34.6 Å². The highest BCUT2D eigenvalue weighted by atomic mass is 32.5. The fraction of sp³-hybridized carbons (Fsp3) is 0.545. The van der Waals surface area contributed by atoms with Crippen LogP contribution in [0.3, 0.4) is 0 Å². The van der Waals surface area contributed by atoms with E-state index < -0.39 is 36.6 Å². The first-order chi connectivity index (χ1) is 11.2.